The van der Waals surface area contributed by atoms with E-state index in [1.54, 1.807) is 32.9 Å². The number of hydrogen-bond donors (Lipinski definition) is 1. The van der Waals surface area contributed by atoms with E-state index in [0.717, 1.165) is 6.42 Å². The number of aryl methyl sites for hydroxylation is 1. The number of carbonyl (C=O) groups excluding carboxylic acids is 2. The highest BCUT2D eigenvalue weighted by molar-refractivity contribution is 6.03. The molecule has 0 saturated heterocycles. The molecule has 6 nitrogen and oxygen atoms in total. The van der Waals surface area contributed by atoms with Crippen molar-refractivity contribution < 1.29 is 23.5 Å². The summed E-state index contributed by atoms with van der Waals surface area (Å²) in [5.74, 6) is -0.186. The van der Waals surface area contributed by atoms with Crippen molar-refractivity contribution >= 4 is 11.8 Å². The van der Waals surface area contributed by atoms with Gasteiger partial charge in [0.2, 0.25) is 0 Å². The van der Waals surface area contributed by atoms with Crippen molar-refractivity contribution in [1.29, 1.82) is 0 Å². The Morgan fingerprint density at radius 1 is 1.18 bits per heavy atom. The fraction of sp³-hybridized carbons (Fsp3) is 0.429. The molecule has 28 heavy (non-hydrogen) atoms. The van der Waals surface area contributed by atoms with E-state index >= 15 is 0 Å². The molecule has 2 aromatic rings. The Bertz CT molecular complexity index is 815. The Morgan fingerprint density at radius 2 is 1.86 bits per heavy atom. The molecule has 0 bridgehead atoms. The largest absolute Gasteiger partial charge is 0.494 e. The van der Waals surface area contributed by atoms with Gasteiger partial charge in [-0.1, -0.05) is 0 Å². The number of H-pyrrole nitrogens is 1. The molecule has 1 aromatic carbocycles. The Kier molecular flexibility index (Phi) is 7.75. The molecule has 7 heteroatoms. The van der Waals surface area contributed by atoms with Crippen molar-refractivity contribution in [3.8, 4) is 5.75 Å². The van der Waals surface area contributed by atoms with Gasteiger partial charge in [-0.3, -0.25) is 9.69 Å². The number of benzene rings is 1. The fourth-order valence-corrected chi connectivity index (χ4v) is 3.03. The zero-order valence-electron chi connectivity index (χ0n) is 16.8. The summed E-state index contributed by atoms with van der Waals surface area (Å²) < 4.78 is 23.4. The second kappa shape index (κ2) is 10.0. The molecule has 2 rings (SSSR count). The SMILES string of the molecule is CCOC(=O)c1[nH]c(C)c(C(=O)CN(C)CCCOc2ccc(F)cc2)c1C. The number of aromatic amines is 1. The van der Waals surface area contributed by atoms with E-state index in [1.165, 1.54) is 12.1 Å². The molecule has 0 fully saturated rings. The molecule has 0 spiro atoms. The van der Waals surface area contributed by atoms with Crippen molar-refractivity contribution in [2.75, 3.05) is 33.4 Å². The summed E-state index contributed by atoms with van der Waals surface area (Å²) in [5, 5.41) is 0. The van der Waals surface area contributed by atoms with Crippen LogP contribution >= 0.6 is 0 Å². The minimum atomic E-state index is -0.451. The average molecular weight is 390 g/mol. The quantitative estimate of drug-likeness (QED) is 0.382. The van der Waals surface area contributed by atoms with Crippen LogP contribution in [0.15, 0.2) is 24.3 Å². The second-order valence-electron chi connectivity index (χ2n) is 6.66. The van der Waals surface area contributed by atoms with Gasteiger partial charge in [0.1, 0.15) is 17.3 Å². The maximum atomic E-state index is 12.9. The van der Waals surface area contributed by atoms with E-state index in [1.807, 2.05) is 11.9 Å². The third-order valence-corrected chi connectivity index (χ3v) is 4.38. The summed E-state index contributed by atoms with van der Waals surface area (Å²) in [4.78, 5) is 29.5. The molecule has 0 radical (unpaired) electrons. The van der Waals surface area contributed by atoms with Gasteiger partial charge in [-0.25, -0.2) is 9.18 Å². The number of esters is 1. The van der Waals surface area contributed by atoms with Crippen LogP contribution in [0, 0.1) is 19.7 Å². The van der Waals surface area contributed by atoms with E-state index in [-0.39, 0.29) is 24.8 Å². The second-order valence-corrected chi connectivity index (χ2v) is 6.66. The Balaban J connectivity index is 1.85. The number of rotatable bonds is 10. The molecule has 0 atom stereocenters. The van der Waals surface area contributed by atoms with Crippen molar-refractivity contribution in [3.63, 3.8) is 0 Å². The van der Waals surface area contributed by atoms with E-state index < -0.39 is 5.97 Å². The van der Waals surface area contributed by atoms with Gasteiger partial charge < -0.3 is 14.5 Å². The number of ether oxygens (including phenoxy) is 2. The lowest BCUT2D eigenvalue weighted by Crippen LogP contribution is -2.28. The van der Waals surface area contributed by atoms with Gasteiger partial charge in [-0.05, 0) is 64.1 Å². The van der Waals surface area contributed by atoms with Gasteiger partial charge in [-0.2, -0.15) is 0 Å². The summed E-state index contributed by atoms with van der Waals surface area (Å²) >= 11 is 0. The van der Waals surface area contributed by atoms with Gasteiger partial charge in [0.25, 0.3) is 0 Å². The van der Waals surface area contributed by atoms with Crippen LogP contribution in [0.25, 0.3) is 0 Å². The fourth-order valence-electron chi connectivity index (χ4n) is 3.03. The van der Waals surface area contributed by atoms with Crippen LogP contribution < -0.4 is 4.74 Å². The van der Waals surface area contributed by atoms with Gasteiger partial charge >= 0.3 is 5.97 Å². The Hall–Kier alpha value is -2.67. The van der Waals surface area contributed by atoms with Gasteiger partial charge in [0.15, 0.2) is 5.78 Å². The van der Waals surface area contributed by atoms with Crippen LogP contribution in [0.5, 0.6) is 5.75 Å². The number of nitrogens with zero attached hydrogens (tertiary/aromatic N) is 1. The smallest absolute Gasteiger partial charge is 0.355 e. The zero-order chi connectivity index (χ0) is 20.7. The van der Waals surface area contributed by atoms with E-state index in [2.05, 4.69) is 4.98 Å². The molecule has 0 aliphatic rings. The predicted molar refractivity (Wildman–Crippen MR) is 105 cm³/mol. The number of likely N-dealkylation sites (N-methyl/N-ethyl adjacent to an activating group) is 1. The summed E-state index contributed by atoms with van der Waals surface area (Å²) in [5.41, 5.74) is 2.16. The molecule has 152 valence electrons. The van der Waals surface area contributed by atoms with E-state index in [9.17, 15) is 14.0 Å². The molecule has 1 aromatic heterocycles. The van der Waals surface area contributed by atoms with Crippen molar-refractivity contribution in [2.45, 2.75) is 27.2 Å². The lowest BCUT2D eigenvalue weighted by atomic mass is 10.1. The number of nitrogens with one attached hydrogen (secondary N) is 1. The van der Waals surface area contributed by atoms with Crippen LogP contribution in [-0.2, 0) is 4.74 Å². The van der Waals surface area contributed by atoms with Crippen LogP contribution in [0.3, 0.4) is 0 Å². The van der Waals surface area contributed by atoms with Crippen LogP contribution in [0.2, 0.25) is 0 Å². The molecule has 0 aliphatic carbocycles. The van der Waals surface area contributed by atoms with Gasteiger partial charge in [0, 0.05) is 17.8 Å². The topological polar surface area (TPSA) is 71.6 Å². The van der Waals surface area contributed by atoms with Crippen molar-refractivity contribution in [3.05, 3.63) is 52.6 Å². The molecular weight excluding hydrogens is 363 g/mol. The number of ketones is 1. The average Bonchev–Trinajstić information content (AvgIpc) is 2.95. The van der Waals surface area contributed by atoms with Crippen molar-refractivity contribution in [2.24, 2.45) is 0 Å². The zero-order valence-corrected chi connectivity index (χ0v) is 16.8. The summed E-state index contributed by atoms with van der Waals surface area (Å²) in [6.07, 6.45) is 0.723. The molecule has 0 amide bonds. The maximum Gasteiger partial charge on any atom is 0.355 e. The summed E-state index contributed by atoms with van der Waals surface area (Å²) in [6, 6.07) is 5.88. The normalized spacial score (nSPS) is 10.9. The molecule has 1 N–H and O–H groups in total. The Morgan fingerprint density at radius 3 is 2.50 bits per heavy atom. The molecule has 0 unspecified atom stereocenters. The minimum Gasteiger partial charge on any atom is -0.494 e. The minimum absolute atomic E-state index is 0.0521. The number of aromatic nitrogens is 1. The number of halogens is 1. The highest BCUT2D eigenvalue weighted by Gasteiger charge is 2.23. The molecule has 0 saturated carbocycles. The monoisotopic (exact) mass is 390 g/mol. The third-order valence-electron chi connectivity index (χ3n) is 4.38. The van der Waals surface area contributed by atoms with E-state index in [0.29, 0.717) is 41.4 Å². The predicted octanol–water partition coefficient (Wildman–Crippen LogP) is 3.53. The van der Waals surface area contributed by atoms with Gasteiger partial charge in [0.05, 0.1) is 19.8 Å². The van der Waals surface area contributed by atoms with Crippen molar-refractivity contribution in [1.82, 2.24) is 9.88 Å². The first-order valence-corrected chi connectivity index (χ1v) is 9.29. The molecular formula is C21H27FN2O4. The lowest BCUT2D eigenvalue weighted by molar-refractivity contribution is 0.0519. The van der Waals surface area contributed by atoms with E-state index in [4.69, 9.17) is 9.47 Å². The van der Waals surface area contributed by atoms with Crippen LogP contribution in [0.1, 0.15) is 45.4 Å². The Labute approximate surface area is 164 Å². The maximum absolute atomic E-state index is 12.9. The summed E-state index contributed by atoms with van der Waals surface area (Å²) in [6.45, 7) is 6.92. The van der Waals surface area contributed by atoms with Crippen LogP contribution in [-0.4, -0.2) is 55.0 Å². The first-order chi connectivity index (χ1) is 13.3. The highest BCUT2D eigenvalue weighted by atomic mass is 19.1. The van der Waals surface area contributed by atoms with Crippen LogP contribution in [0.4, 0.5) is 4.39 Å². The summed E-state index contributed by atoms with van der Waals surface area (Å²) in [7, 11) is 1.86. The number of Topliss-reactive ketones (excluding diaryl/α,β-unsaturated/α-hetero) is 1. The van der Waals surface area contributed by atoms with Gasteiger partial charge in [-0.15, -0.1) is 0 Å². The number of carbonyl (C=O) groups is 2. The first kappa shape index (κ1) is 21.6. The molecule has 1 heterocycles. The third kappa shape index (κ3) is 5.66. The molecule has 0 aliphatic heterocycles. The standard InChI is InChI=1S/C21H27FN2O4/c1-5-27-21(26)20-14(2)19(15(3)23-20)18(25)13-24(4)11-6-12-28-17-9-7-16(22)8-10-17/h7-10,23H,5-6,11-13H2,1-4H3. The highest BCUT2D eigenvalue weighted by Crippen LogP contribution is 2.20. The number of hydrogen-bond acceptors (Lipinski definition) is 5. The first-order valence-electron chi connectivity index (χ1n) is 9.29. The lowest BCUT2D eigenvalue weighted by Gasteiger charge is -2.16.